The highest BCUT2D eigenvalue weighted by atomic mass is 32.2. The molecule has 1 atom stereocenters. The fourth-order valence-corrected chi connectivity index (χ4v) is 5.76. The van der Waals surface area contributed by atoms with E-state index in [0.717, 1.165) is 23.4 Å². The number of hydrogen-bond acceptors (Lipinski definition) is 4. The van der Waals surface area contributed by atoms with Crippen LogP contribution >= 0.6 is 11.3 Å². The van der Waals surface area contributed by atoms with Gasteiger partial charge in [0.15, 0.2) is 9.84 Å². The second-order valence-electron chi connectivity index (χ2n) is 6.78. The minimum atomic E-state index is -3.23. The third-order valence-corrected chi connectivity index (χ3v) is 8.08. The summed E-state index contributed by atoms with van der Waals surface area (Å²) in [6.07, 6.45) is 5.78. The van der Waals surface area contributed by atoms with Crippen molar-refractivity contribution in [1.82, 2.24) is 4.98 Å². The predicted octanol–water partition coefficient (Wildman–Crippen LogP) is 4.19. The van der Waals surface area contributed by atoms with Crippen molar-refractivity contribution < 1.29 is 8.42 Å². The van der Waals surface area contributed by atoms with Crippen molar-refractivity contribution in [2.24, 2.45) is 0 Å². The van der Waals surface area contributed by atoms with Gasteiger partial charge >= 0.3 is 0 Å². The molecule has 5 heteroatoms. The zero-order valence-electron chi connectivity index (χ0n) is 13.3. The number of thiazole rings is 1. The summed E-state index contributed by atoms with van der Waals surface area (Å²) in [6, 6.07) is 6.20. The largest absolute Gasteiger partial charge is 0.245 e. The molecule has 0 aliphatic heterocycles. The van der Waals surface area contributed by atoms with Crippen molar-refractivity contribution in [3.63, 3.8) is 0 Å². The Kier molecular flexibility index (Phi) is 3.81. The van der Waals surface area contributed by atoms with Crippen LogP contribution in [0.3, 0.4) is 0 Å². The Bertz CT molecular complexity index is 834. The van der Waals surface area contributed by atoms with Crippen LogP contribution in [0.2, 0.25) is 0 Å². The molecule has 1 heterocycles. The number of aryl methyl sites for hydroxylation is 2. The molecule has 0 spiro atoms. The molecule has 1 unspecified atom stereocenters. The number of aromatic nitrogens is 1. The Hall–Kier alpha value is -1.20. The molecule has 1 aromatic heterocycles. The maximum Gasteiger partial charge on any atom is 0.162 e. The Balaban J connectivity index is 1.54. The fraction of sp³-hybridized carbons (Fsp3) is 0.500. The van der Waals surface area contributed by atoms with Gasteiger partial charge in [-0.05, 0) is 55.7 Å². The first kappa shape index (κ1) is 15.3. The molecule has 4 rings (SSSR count). The summed E-state index contributed by atoms with van der Waals surface area (Å²) < 4.78 is 25.5. The van der Waals surface area contributed by atoms with Crippen LogP contribution in [0.15, 0.2) is 23.6 Å². The third kappa shape index (κ3) is 3.09. The third-order valence-electron chi connectivity index (χ3n) is 4.98. The van der Waals surface area contributed by atoms with Gasteiger partial charge in [0.25, 0.3) is 0 Å². The minimum Gasteiger partial charge on any atom is -0.245 e. The highest BCUT2D eigenvalue weighted by Gasteiger charge is 2.29. The molecule has 2 aliphatic carbocycles. The molecule has 0 saturated heterocycles. The van der Waals surface area contributed by atoms with Gasteiger partial charge in [0, 0.05) is 11.3 Å². The van der Waals surface area contributed by atoms with Crippen LogP contribution in [0.4, 0.5) is 0 Å². The van der Waals surface area contributed by atoms with E-state index in [1.807, 2.05) is 11.4 Å². The number of fused-ring (bicyclic) bond motifs is 1. The Morgan fingerprint density at radius 1 is 1.26 bits per heavy atom. The van der Waals surface area contributed by atoms with Crippen LogP contribution in [0, 0.1) is 0 Å². The summed E-state index contributed by atoms with van der Waals surface area (Å²) in [7, 11) is -3.23. The monoisotopic (exact) mass is 347 g/mol. The zero-order chi connectivity index (χ0) is 16.0. The first-order valence-electron chi connectivity index (χ1n) is 8.30. The van der Waals surface area contributed by atoms with Crippen LogP contribution < -0.4 is 0 Å². The molecule has 1 aromatic carbocycles. The molecule has 23 heavy (non-hydrogen) atoms. The van der Waals surface area contributed by atoms with Crippen molar-refractivity contribution in [3.05, 3.63) is 51.0 Å². The molecule has 122 valence electrons. The maximum atomic E-state index is 12.8. The lowest BCUT2D eigenvalue weighted by atomic mass is 10.0. The molecule has 2 aliphatic rings. The van der Waals surface area contributed by atoms with E-state index in [1.54, 1.807) is 18.3 Å². The fourth-order valence-electron chi connectivity index (χ4n) is 3.29. The first-order valence-corrected chi connectivity index (χ1v) is 10.9. The molecular formula is C18H21NO2S2. The van der Waals surface area contributed by atoms with Crippen molar-refractivity contribution in [2.75, 3.05) is 0 Å². The van der Waals surface area contributed by atoms with E-state index >= 15 is 0 Å². The number of benzene rings is 1. The van der Waals surface area contributed by atoms with E-state index < -0.39 is 15.1 Å². The van der Waals surface area contributed by atoms with Gasteiger partial charge in [-0.2, -0.15) is 0 Å². The van der Waals surface area contributed by atoms with Gasteiger partial charge in [-0.3, -0.25) is 0 Å². The van der Waals surface area contributed by atoms with Crippen molar-refractivity contribution in [1.29, 1.82) is 0 Å². The minimum absolute atomic E-state index is 0.0501. The van der Waals surface area contributed by atoms with Gasteiger partial charge in [-0.1, -0.05) is 18.2 Å². The average Bonchev–Trinajstić information content (AvgIpc) is 3.09. The lowest BCUT2D eigenvalue weighted by Crippen LogP contribution is -2.13. The molecule has 3 nitrogen and oxygen atoms in total. The van der Waals surface area contributed by atoms with Gasteiger partial charge in [0.05, 0.1) is 21.7 Å². The smallest absolute Gasteiger partial charge is 0.162 e. The molecular weight excluding hydrogens is 326 g/mol. The first-order chi connectivity index (χ1) is 11.0. The standard InChI is InChI=1S/C18H21NO2S2/c1-12(15-8-5-13-3-2-4-16(13)9-15)23(20,21)11-17-10-22-18(19-17)14-6-7-14/h5,8-10,12,14H,2-4,6-7,11H2,1H3. The molecule has 0 N–H and O–H groups in total. The summed E-state index contributed by atoms with van der Waals surface area (Å²) in [5.74, 6) is 0.639. The lowest BCUT2D eigenvalue weighted by Gasteiger charge is -2.14. The quantitative estimate of drug-likeness (QED) is 0.815. The molecule has 0 bridgehead atoms. The van der Waals surface area contributed by atoms with Crippen LogP contribution in [-0.2, 0) is 28.4 Å². The van der Waals surface area contributed by atoms with Crippen LogP contribution in [0.25, 0.3) is 0 Å². The normalized spacial score (nSPS) is 18.8. The van der Waals surface area contributed by atoms with Crippen LogP contribution in [0.1, 0.15) is 64.7 Å². The highest BCUT2D eigenvalue weighted by molar-refractivity contribution is 7.90. The molecule has 0 radical (unpaired) electrons. The summed E-state index contributed by atoms with van der Waals surface area (Å²) in [4.78, 5) is 4.53. The van der Waals surface area contributed by atoms with Gasteiger partial charge < -0.3 is 0 Å². The van der Waals surface area contributed by atoms with Crippen molar-refractivity contribution >= 4 is 21.2 Å². The van der Waals surface area contributed by atoms with E-state index in [2.05, 4.69) is 17.1 Å². The van der Waals surface area contributed by atoms with Crippen molar-refractivity contribution in [2.45, 2.75) is 55.9 Å². The second-order valence-corrected chi connectivity index (χ2v) is 9.99. The zero-order valence-corrected chi connectivity index (χ0v) is 14.9. The highest BCUT2D eigenvalue weighted by Crippen LogP contribution is 2.41. The van der Waals surface area contributed by atoms with E-state index in [0.29, 0.717) is 11.6 Å². The molecule has 1 fully saturated rings. The Morgan fingerprint density at radius 3 is 2.83 bits per heavy atom. The van der Waals surface area contributed by atoms with Crippen LogP contribution in [0.5, 0.6) is 0 Å². The summed E-state index contributed by atoms with van der Waals surface area (Å²) in [5.41, 5.74) is 4.34. The van der Waals surface area contributed by atoms with Gasteiger partial charge in [-0.15, -0.1) is 11.3 Å². The van der Waals surface area contributed by atoms with E-state index in [1.165, 1.54) is 30.4 Å². The molecule has 1 saturated carbocycles. The Labute approximate surface area is 141 Å². The van der Waals surface area contributed by atoms with E-state index in [4.69, 9.17) is 0 Å². The van der Waals surface area contributed by atoms with Gasteiger partial charge in [0.1, 0.15) is 0 Å². The summed E-state index contributed by atoms with van der Waals surface area (Å²) in [5, 5.41) is 2.56. The SMILES string of the molecule is CC(c1ccc2c(c1)CCC2)S(=O)(=O)Cc1csc(C2CC2)n1. The van der Waals surface area contributed by atoms with E-state index in [9.17, 15) is 8.42 Å². The number of rotatable bonds is 5. The van der Waals surface area contributed by atoms with Crippen LogP contribution in [-0.4, -0.2) is 13.4 Å². The number of hydrogen-bond donors (Lipinski definition) is 0. The van der Waals surface area contributed by atoms with Gasteiger partial charge in [0.2, 0.25) is 0 Å². The Morgan fingerprint density at radius 2 is 2.04 bits per heavy atom. The number of sulfone groups is 1. The summed E-state index contributed by atoms with van der Waals surface area (Å²) >= 11 is 1.61. The number of nitrogens with zero attached hydrogens (tertiary/aromatic N) is 1. The molecule has 2 aromatic rings. The van der Waals surface area contributed by atoms with Crippen molar-refractivity contribution in [3.8, 4) is 0 Å². The second kappa shape index (κ2) is 5.71. The molecule has 0 amide bonds. The predicted molar refractivity (Wildman–Crippen MR) is 93.6 cm³/mol. The van der Waals surface area contributed by atoms with Gasteiger partial charge in [-0.25, -0.2) is 13.4 Å². The van der Waals surface area contributed by atoms with E-state index in [-0.39, 0.29) is 5.75 Å². The average molecular weight is 348 g/mol. The topological polar surface area (TPSA) is 47.0 Å². The summed E-state index contributed by atoms with van der Waals surface area (Å²) in [6.45, 7) is 1.81. The lowest BCUT2D eigenvalue weighted by molar-refractivity contribution is 0.584. The maximum absolute atomic E-state index is 12.8.